The molecule has 102 valence electrons. The monoisotopic (exact) mass is 267 g/mol. The zero-order valence-electron chi connectivity index (χ0n) is 10.7. The summed E-state index contributed by atoms with van der Waals surface area (Å²) in [5.41, 5.74) is 0.277. The van der Waals surface area contributed by atoms with Crippen LogP contribution < -0.4 is 9.47 Å². The number of esters is 1. The van der Waals surface area contributed by atoms with Gasteiger partial charge in [-0.2, -0.15) is 0 Å². The summed E-state index contributed by atoms with van der Waals surface area (Å²) in [6.07, 6.45) is -1.03. The number of hydrogen-bond acceptors (Lipinski definition) is 6. The van der Waals surface area contributed by atoms with Crippen molar-refractivity contribution in [3.63, 3.8) is 0 Å². The summed E-state index contributed by atoms with van der Waals surface area (Å²) in [6.45, 7) is 1.39. The normalized spacial score (nSPS) is 11.3. The van der Waals surface area contributed by atoms with Gasteiger partial charge in [-0.15, -0.1) is 4.91 Å². The van der Waals surface area contributed by atoms with Crippen molar-refractivity contribution >= 4 is 11.9 Å². The molecule has 0 aliphatic heterocycles. The molecule has 0 saturated carbocycles. The van der Waals surface area contributed by atoms with Gasteiger partial charge in [-0.1, -0.05) is 0 Å². The predicted molar refractivity (Wildman–Crippen MR) is 65.2 cm³/mol. The average Bonchev–Trinajstić information content (AvgIpc) is 2.45. The van der Waals surface area contributed by atoms with Gasteiger partial charge in [0, 0.05) is 5.18 Å². The van der Waals surface area contributed by atoms with Gasteiger partial charge in [-0.3, -0.25) is 4.79 Å². The van der Waals surface area contributed by atoms with Crippen LogP contribution in [-0.2, 0) is 9.53 Å². The third kappa shape index (κ3) is 3.51. The van der Waals surface area contributed by atoms with Gasteiger partial charge in [0.25, 0.3) is 0 Å². The Hall–Kier alpha value is -2.44. The third-order valence-corrected chi connectivity index (χ3v) is 2.33. The molecular weight excluding hydrogens is 254 g/mol. The molecule has 1 atom stereocenters. The largest absolute Gasteiger partial charge is 0.493 e. The van der Waals surface area contributed by atoms with Crippen LogP contribution in [-0.4, -0.2) is 32.2 Å². The van der Waals surface area contributed by atoms with E-state index < -0.39 is 18.0 Å². The molecule has 0 aliphatic rings. The number of rotatable bonds is 5. The van der Waals surface area contributed by atoms with Crippen molar-refractivity contribution < 1.29 is 23.8 Å². The SMILES string of the molecule is COC(=O)c1ccc(OC(C)C(=O)N=O)c(OC)c1. The van der Waals surface area contributed by atoms with Crippen LogP contribution in [0.25, 0.3) is 0 Å². The fourth-order valence-electron chi connectivity index (χ4n) is 1.32. The Balaban J connectivity index is 2.99. The Morgan fingerprint density at radius 1 is 1.21 bits per heavy atom. The highest BCUT2D eigenvalue weighted by atomic mass is 16.5. The van der Waals surface area contributed by atoms with E-state index >= 15 is 0 Å². The average molecular weight is 267 g/mol. The maximum absolute atomic E-state index is 11.3. The minimum absolute atomic E-state index is 0.222. The highest BCUT2D eigenvalue weighted by molar-refractivity contribution is 5.90. The number of nitrogens with zero attached hydrogens (tertiary/aromatic N) is 1. The molecule has 0 saturated heterocycles. The van der Waals surface area contributed by atoms with E-state index in [9.17, 15) is 14.5 Å². The molecule has 0 heterocycles. The molecule has 0 fully saturated rings. The zero-order valence-corrected chi connectivity index (χ0v) is 10.7. The zero-order chi connectivity index (χ0) is 14.4. The van der Waals surface area contributed by atoms with Crippen molar-refractivity contribution in [2.45, 2.75) is 13.0 Å². The lowest BCUT2D eigenvalue weighted by molar-refractivity contribution is -0.123. The standard InChI is InChI=1S/C12H13NO6/c1-7(11(14)13-16)19-9-5-4-8(12(15)18-3)6-10(9)17-2/h4-7H,1-3H3. The lowest BCUT2D eigenvalue weighted by Crippen LogP contribution is -2.21. The lowest BCUT2D eigenvalue weighted by Gasteiger charge is -2.14. The number of amides is 1. The minimum Gasteiger partial charge on any atom is -0.493 e. The topological polar surface area (TPSA) is 91.3 Å². The van der Waals surface area contributed by atoms with E-state index in [0.29, 0.717) is 0 Å². The number of nitroso groups, excluding NO2 is 1. The van der Waals surface area contributed by atoms with Gasteiger partial charge in [0.15, 0.2) is 17.6 Å². The van der Waals surface area contributed by atoms with E-state index in [0.717, 1.165) is 0 Å². The second-order valence-corrected chi connectivity index (χ2v) is 3.55. The van der Waals surface area contributed by atoms with Crippen LogP contribution in [0.2, 0.25) is 0 Å². The van der Waals surface area contributed by atoms with Crippen LogP contribution in [0.3, 0.4) is 0 Å². The first-order valence-corrected chi connectivity index (χ1v) is 5.33. The van der Waals surface area contributed by atoms with Gasteiger partial charge < -0.3 is 14.2 Å². The third-order valence-electron chi connectivity index (χ3n) is 2.33. The van der Waals surface area contributed by atoms with E-state index in [1.54, 1.807) is 0 Å². The summed E-state index contributed by atoms with van der Waals surface area (Å²) in [6, 6.07) is 4.31. The molecule has 7 nitrogen and oxygen atoms in total. The summed E-state index contributed by atoms with van der Waals surface area (Å²) in [5.74, 6) is -0.990. The second kappa shape index (κ2) is 6.48. The number of carbonyl (C=O) groups excluding carboxylic acids is 2. The number of ether oxygens (including phenoxy) is 3. The molecule has 1 aromatic rings. The molecule has 1 rings (SSSR count). The van der Waals surface area contributed by atoms with Crippen LogP contribution in [0, 0.1) is 4.91 Å². The summed E-state index contributed by atoms with van der Waals surface area (Å²) < 4.78 is 14.8. The van der Waals surface area contributed by atoms with Crippen molar-refractivity contribution in [2.24, 2.45) is 5.18 Å². The van der Waals surface area contributed by atoms with Gasteiger partial charge in [0.1, 0.15) is 0 Å². The summed E-state index contributed by atoms with van der Waals surface area (Å²) >= 11 is 0. The molecular formula is C12H13NO6. The summed E-state index contributed by atoms with van der Waals surface area (Å²) in [4.78, 5) is 32.5. The number of benzene rings is 1. The van der Waals surface area contributed by atoms with Crippen molar-refractivity contribution in [3.8, 4) is 11.5 Å². The highest BCUT2D eigenvalue weighted by Crippen LogP contribution is 2.29. The van der Waals surface area contributed by atoms with Gasteiger partial charge in [-0.05, 0) is 25.1 Å². The van der Waals surface area contributed by atoms with E-state index in [2.05, 4.69) is 9.91 Å². The molecule has 1 amide bonds. The molecule has 0 radical (unpaired) electrons. The van der Waals surface area contributed by atoms with Gasteiger partial charge >= 0.3 is 11.9 Å². The molecule has 1 aromatic carbocycles. The molecule has 0 N–H and O–H groups in total. The first kappa shape index (κ1) is 14.6. The first-order chi connectivity index (χ1) is 9.03. The minimum atomic E-state index is -1.03. The van der Waals surface area contributed by atoms with Crippen LogP contribution in [0.4, 0.5) is 0 Å². The van der Waals surface area contributed by atoms with Crippen molar-refractivity contribution in [1.82, 2.24) is 0 Å². The maximum Gasteiger partial charge on any atom is 0.337 e. The summed E-state index contributed by atoms with van der Waals surface area (Å²) in [5, 5.41) is 2.27. The van der Waals surface area contributed by atoms with Gasteiger partial charge in [-0.25, -0.2) is 4.79 Å². The number of hydrogen-bond donors (Lipinski definition) is 0. The predicted octanol–water partition coefficient (Wildman–Crippen LogP) is 1.54. The molecule has 0 spiro atoms. The second-order valence-electron chi connectivity index (χ2n) is 3.55. The Morgan fingerprint density at radius 3 is 2.42 bits per heavy atom. The Morgan fingerprint density at radius 2 is 1.89 bits per heavy atom. The summed E-state index contributed by atoms with van der Waals surface area (Å²) in [7, 11) is 2.64. The van der Waals surface area contributed by atoms with E-state index in [-0.39, 0.29) is 17.1 Å². The smallest absolute Gasteiger partial charge is 0.337 e. The molecule has 7 heteroatoms. The molecule has 0 bridgehead atoms. The Kier molecular flexibility index (Phi) is 4.99. The van der Waals surface area contributed by atoms with Crippen LogP contribution in [0.15, 0.2) is 23.4 Å². The Bertz CT molecular complexity index is 499. The van der Waals surface area contributed by atoms with Gasteiger partial charge in [0.05, 0.1) is 19.8 Å². The highest BCUT2D eigenvalue weighted by Gasteiger charge is 2.18. The number of methoxy groups -OCH3 is 2. The first-order valence-electron chi connectivity index (χ1n) is 5.33. The lowest BCUT2D eigenvalue weighted by atomic mass is 10.2. The van der Waals surface area contributed by atoms with E-state index in [1.807, 2.05) is 0 Å². The molecule has 19 heavy (non-hydrogen) atoms. The Labute approximate surface area is 109 Å². The van der Waals surface area contributed by atoms with E-state index in [4.69, 9.17) is 9.47 Å². The maximum atomic E-state index is 11.3. The van der Waals surface area contributed by atoms with Crippen LogP contribution in [0.1, 0.15) is 17.3 Å². The number of carbonyl (C=O) groups is 2. The quantitative estimate of drug-likeness (QED) is 0.593. The van der Waals surface area contributed by atoms with E-state index in [1.165, 1.54) is 39.3 Å². The van der Waals surface area contributed by atoms with Crippen LogP contribution in [0.5, 0.6) is 11.5 Å². The van der Waals surface area contributed by atoms with Gasteiger partial charge in [0.2, 0.25) is 0 Å². The van der Waals surface area contributed by atoms with Crippen molar-refractivity contribution in [3.05, 3.63) is 28.7 Å². The van der Waals surface area contributed by atoms with Crippen LogP contribution >= 0.6 is 0 Å². The molecule has 0 aliphatic carbocycles. The molecule has 0 aromatic heterocycles. The van der Waals surface area contributed by atoms with Crippen molar-refractivity contribution in [2.75, 3.05) is 14.2 Å². The molecule has 1 unspecified atom stereocenters. The fourth-order valence-corrected chi connectivity index (χ4v) is 1.32. The fraction of sp³-hybridized carbons (Fsp3) is 0.333. The van der Waals surface area contributed by atoms with Crippen molar-refractivity contribution in [1.29, 1.82) is 0 Å².